The summed E-state index contributed by atoms with van der Waals surface area (Å²) in [6.45, 7) is 1.91. The van der Waals surface area contributed by atoms with Crippen LogP contribution >= 0.6 is 0 Å². The molecule has 2 rings (SSSR count). The largest absolute Gasteiger partial charge is 0.326 e. The number of hydrogen-bond donors (Lipinski definition) is 1. The van der Waals surface area contributed by atoms with E-state index in [-0.39, 0.29) is 18.1 Å². The number of benzene rings is 2. The van der Waals surface area contributed by atoms with Crippen LogP contribution < -0.4 is 5.32 Å². The van der Waals surface area contributed by atoms with E-state index in [1.165, 1.54) is 0 Å². The van der Waals surface area contributed by atoms with Crippen LogP contribution in [0.3, 0.4) is 0 Å². The smallest absolute Gasteiger partial charge is 0.224 e. The molecule has 4 nitrogen and oxygen atoms in total. The molecule has 116 valence electrons. The van der Waals surface area contributed by atoms with Crippen LogP contribution in [0.25, 0.3) is 0 Å². The first-order valence-electron chi connectivity index (χ1n) is 7.12. The van der Waals surface area contributed by atoms with Crippen LogP contribution in [0.2, 0.25) is 0 Å². The Kier molecular flexibility index (Phi) is 5.33. The maximum absolute atomic E-state index is 12.2. The maximum Gasteiger partial charge on any atom is 0.224 e. The van der Waals surface area contributed by atoms with Gasteiger partial charge in [-0.3, -0.25) is 4.79 Å². The van der Waals surface area contributed by atoms with Gasteiger partial charge >= 0.3 is 0 Å². The van der Waals surface area contributed by atoms with E-state index < -0.39 is 9.84 Å². The summed E-state index contributed by atoms with van der Waals surface area (Å²) in [5, 5.41) is 2.74. The lowest BCUT2D eigenvalue weighted by atomic mass is 10.2. The molecule has 0 saturated heterocycles. The molecule has 22 heavy (non-hydrogen) atoms. The minimum absolute atomic E-state index is 0.0295. The highest BCUT2D eigenvalue weighted by Crippen LogP contribution is 2.14. The number of para-hydroxylation sites is 1. The maximum atomic E-state index is 12.2. The Hall–Kier alpha value is -2.14. The summed E-state index contributed by atoms with van der Waals surface area (Å²) >= 11 is 0. The average molecular weight is 317 g/mol. The lowest BCUT2D eigenvalue weighted by molar-refractivity contribution is -0.116. The van der Waals surface area contributed by atoms with E-state index in [9.17, 15) is 13.2 Å². The quantitative estimate of drug-likeness (QED) is 0.890. The summed E-state index contributed by atoms with van der Waals surface area (Å²) in [5.41, 5.74) is 1.73. The Balaban J connectivity index is 1.85. The van der Waals surface area contributed by atoms with Crippen molar-refractivity contribution in [3.05, 3.63) is 60.2 Å². The first kappa shape index (κ1) is 16.2. The van der Waals surface area contributed by atoms with Crippen molar-refractivity contribution < 1.29 is 13.2 Å². The van der Waals surface area contributed by atoms with Gasteiger partial charge in [0.15, 0.2) is 9.84 Å². The molecule has 0 atom stereocenters. The second-order valence-electron chi connectivity index (χ2n) is 5.15. The van der Waals surface area contributed by atoms with Gasteiger partial charge in [0.1, 0.15) is 0 Å². The molecule has 0 saturated carbocycles. The second kappa shape index (κ2) is 7.22. The molecular formula is C17H19NO3S. The monoisotopic (exact) mass is 317 g/mol. The van der Waals surface area contributed by atoms with Gasteiger partial charge in [0.05, 0.1) is 10.6 Å². The molecule has 0 fully saturated rings. The minimum atomic E-state index is -3.33. The standard InChI is InChI=1S/C17H19NO3S/c1-14-9-11-16(12-10-14)22(20,21)13-5-8-17(19)18-15-6-3-2-4-7-15/h2-4,6-7,9-12H,5,8,13H2,1H3,(H,18,19). The van der Waals surface area contributed by atoms with Crippen LogP contribution in [-0.2, 0) is 14.6 Å². The predicted octanol–water partition coefficient (Wildman–Crippen LogP) is 3.19. The van der Waals surface area contributed by atoms with E-state index in [4.69, 9.17) is 0 Å². The SMILES string of the molecule is Cc1ccc(S(=O)(=O)CCCC(=O)Nc2ccccc2)cc1. The Morgan fingerprint density at radius 3 is 2.27 bits per heavy atom. The number of anilines is 1. The second-order valence-corrected chi connectivity index (χ2v) is 7.26. The summed E-state index contributed by atoms with van der Waals surface area (Å²) in [5.74, 6) is -0.205. The Labute approximate surface area is 131 Å². The minimum Gasteiger partial charge on any atom is -0.326 e. The van der Waals surface area contributed by atoms with Gasteiger partial charge in [0.2, 0.25) is 5.91 Å². The Morgan fingerprint density at radius 2 is 1.64 bits per heavy atom. The molecule has 0 bridgehead atoms. The van der Waals surface area contributed by atoms with E-state index in [1.807, 2.05) is 25.1 Å². The van der Waals surface area contributed by atoms with Crippen LogP contribution in [0, 0.1) is 6.92 Å². The molecule has 1 N–H and O–H groups in total. The lowest BCUT2D eigenvalue weighted by Crippen LogP contribution is -2.14. The zero-order valence-electron chi connectivity index (χ0n) is 12.5. The van der Waals surface area contributed by atoms with Crippen LogP contribution in [0.15, 0.2) is 59.5 Å². The van der Waals surface area contributed by atoms with Gasteiger partial charge in [-0.25, -0.2) is 8.42 Å². The van der Waals surface area contributed by atoms with Crippen molar-refractivity contribution in [3.63, 3.8) is 0 Å². The highest BCUT2D eigenvalue weighted by atomic mass is 32.2. The van der Waals surface area contributed by atoms with Gasteiger partial charge in [-0.05, 0) is 37.6 Å². The molecule has 0 aromatic heterocycles. The van der Waals surface area contributed by atoms with Gasteiger partial charge in [-0.1, -0.05) is 35.9 Å². The van der Waals surface area contributed by atoms with Crippen molar-refractivity contribution in [1.82, 2.24) is 0 Å². The molecule has 1 amide bonds. The van der Waals surface area contributed by atoms with Crippen molar-refractivity contribution >= 4 is 21.4 Å². The molecule has 0 aliphatic carbocycles. The zero-order chi connectivity index (χ0) is 16.0. The van der Waals surface area contributed by atoms with Crippen molar-refractivity contribution in [2.24, 2.45) is 0 Å². The number of sulfone groups is 1. The Morgan fingerprint density at radius 1 is 1.00 bits per heavy atom. The van der Waals surface area contributed by atoms with Crippen LogP contribution in [-0.4, -0.2) is 20.1 Å². The van der Waals surface area contributed by atoms with Crippen molar-refractivity contribution in [2.45, 2.75) is 24.7 Å². The molecular weight excluding hydrogens is 298 g/mol. The number of rotatable bonds is 6. The number of nitrogens with one attached hydrogen (secondary N) is 1. The van der Waals surface area contributed by atoms with Crippen molar-refractivity contribution in [3.8, 4) is 0 Å². The zero-order valence-corrected chi connectivity index (χ0v) is 13.3. The number of amides is 1. The van der Waals surface area contributed by atoms with E-state index in [0.717, 1.165) is 5.56 Å². The first-order valence-corrected chi connectivity index (χ1v) is 8.77. The molecule has 0 spiro atoms. The van der Waals surface area contributed by atoms with E-state index in [0.29, 0.717) is 17.0 Å². The van der Waals surface area contributed by atoms with E-state index in [1.54, 1.807) is 36.4 Å². The van der Waals surface area contributed by atoms with Crippen molar-refractivity contribution in [1.29, 1.82) is 0 Å². The van der Waals surface area contributed by atoms with Gasteiger partial charge < -0.3 is 5.32 Å². The van der Waals surface area contributed by atoms with Gasteiger partial charge in [-0.2, -0.15) is 0 Å². The third-order valence-corrected chi connectivity index (χ3v) is 5.07. The topological polar surface area (TPSA) is 63.2 Å². The molecule has 0 radical (unpaired) electrons. The summed E-state index contributed by atoms with van der Waals surface area (Å²) < 4.78 is 24.3. The predicted molar refractivity (Wildman–Crippen MR) is 87.5 cm³/mol. The number of hydrogen-bond acceptors (Lipinski definition) is 3. The van der Waals surface area contributed by atoms with Crippen molar-refractivity contribution in [2.75, 3.05) is 11.1 Å². The number of carbonyl (C=O) groups is 1. The van der Waals surface area contributed by atoms with Crippen LogP contribution in [0.5, 0.6) is 0 Å². The molecule has 2 aromatic rings. The average Bonchev–Trinajstić information content (AvgIpc) is 2.48. The number of aryl methyl sites for hydroxylation is 1. The fourth-order valence-electron chi connectivity index (χ4n) is 2.03. The fourth-order valence-corrected chi connectivity index (χ4v) is 3.34. The lowest BCUT2D eigenvalue weighted by Gasteiger charge is -2.06. The molecule has 5 heteroatoms. The van der Waals surface area contributed by atoms with E-state index >= 15 is 0 Å². The third kappa shape index (κ3) is 4.70. The highest BCUT2D eigenvalue weighted by Gasteiger charge is 2.14. The molecule has 0 aliphatic heterocycles. The third-order valence-electron chi connectivity index (χ3n) is 3.25. The summed E-state index contributed by atoms with van der Waals surface area (Å²) in [4.78, 5) is 12.1. The Bertz CT molecular complexity index is 722. The van der Waals surface area contributed by atoms with Crippen LogP contribution in [0.4, 0.5) is 5.69 Å². The van der Waals surface area contributed by atoms with Crippen LogP contribution in [0.1, 0.15) is 18.4 Å². The van der Waals surface area contributed by atoms with Gasteiger partial charge in [0.25, 0.3) is 0 Å². The van der Waals surface area contributed by atoms with Gasteiger partial charge in [0, 0.05) is 12.1 Å². The summed E-state index contributed by atoms with van der Waals surface area (Å²) in [6.07, 6.45) is 0.481. The first-order chi connectivity index (χ1) is 10.5. The molecule has 0 aliphatic rings. The molecule has 0 unspecified atom stereocenters. The molecule has 0 heterocycles. The normalized spacial score (nSPS) is 11.1. The summed E-state index contributed by atoms with van der Waals surface area (Å²) in [6, 6.07) is 15.9. The molecule has 2 aromatic carbocycles. The van der Waals surface area contributed by atoms with E-state index in [2.05, 4.69) is 5.32 Å². The van der Waals surface area contributed by atoms with Gasteiger partial charge in [-0.15, -0.1) is 0 Å². The number of carbonyl (C=O) groups excluding carboxylic acids is 1. The summed E-state index contributed by atoms with van der Waals surface area (Å²) in [7, 11) is -3.33. The fraction of sp³-hybridized carbons (Fsp3) is 0.235. The highest BCUT2D eigenvalue weighted by molar-refractivity contribution is 7.91.